The second-order valence-corrected chi connectivity index (χ2v) is 5.04. The fraction of sp³-hybridized carbons (Fsp3) is 0.143. The van der Waals surface area contributed by atoms with Crippen molar-refractivity contribution in [2.24, 2.45) is 5.73 Å². The number of nitrogens with zero attached hydrogens (tertiary/aromatic N) is 4. The van der Waals surface area contributed by atoms with Crippen molar-refractivity contribution < 1.29 is 0 Å². The molecule has 0 fully saturated rings. The van der Waals surface area contributed by atoms with Gasteiger partial charge in [-0.25, -0.2) is 15.0 Å². The predicted octanol–water partition coefficient (Wildman–Crippen LogP) is 1.95. The third kappa shape index (κ3) is 2.25. The summed E-state index contributed by atoms with van der Waals surface area (Å²) in [4.78, 5) is 13.5. The summed E-state index contributed by atoms with van der Waals surface area (Å²) >= 11 is 5.01. The van der Waals surface area contributed by atoms with Crippen molar-refractivity contribution in [1.82, 2.24) is 19.5 Å². The SMILES string of the molecule is Cc1cc(-n2c(CC(N)=S)nc3ccccc32)ncn1. The first-order valence-electron chi connectivity index (χ1n) is 6.19. The molecule has 3 rings (SSSR count). The molecule has 0 saturated carbocycles. The Labute approximate surface area is 121 Å². The summed E-state index contributed by atoms with van der Waals surface area (Å²) < 4.78 is 1.98. The van der Waals surface area contributed by atoms with Crippen molar-refractivity contribution in [1.29, 1.82) is 0 Å². The molecule has 0 aliphatic heterocycles. The smallest absolute Gasteiger partial charge is 0.142 e. The monoisotopic (exact) mass is 283 g/mol. The number of rotatable bonds is 3. The van der Waals surface area contributed by atoms with Gasteiger partial charge in [0.05, 0.1) is 22.4 Å². The van der Waals surface area contributed by atoms with Gasteiger partial charge in [0, 0.05) is 11.8 Å². The topological polar surface area (TPSA) is 69.6 Å². The number of fused-ring (bicyclic) bond motifs is 1. The first kappa shape index (κ1) is 12.7. The van der Waals surface area contributed by atoms with Crippen LogP contribution in [0.25, 0.3) is 16.9 Å². The molecule has 0 saturated heterocycles. The lowest BCUT2D eigenvalue weighted by Gasteiger charge is -2.08. The molecule has 2 heterocycles. The van der Waals surface area contributed by atoms with Gasteiger partial charge in [0.15, 0.2) is 0 Å². The van der Waals surface area contributed by atoms with Crippen LogP contribution in [0, 0.1) is 6.92 Å². The van der Waals surface area contributed by atoms with E-state index in [0.717, 1.165) is 28.4 Å². The molecule has 1 aromatic carbocycles. The van der Waals surface area contributed by atoms with Crippen molar-refractivity contribution >= 4 is 28.2 Å². The van der Waals surface area contributed by atoms with Gasteiger partial charge in [-0.3, -0.25) is 4.57 Å². The Morgan fingerprint density at radius 2 is 2.10 bits per heavy atom. The van der Waals surface area contributed by atoms with E-state index >= 15 is 0 Å². The van der Waals surface area contributed by atoms with E-state index in [4.69, 9.17) is 18.0 Å². The van der Waals surface area contributed by atoms with Crippen LogP contribution in [0.4, 0.5) is 0 Å². The van der Waals surface area contributed by atoms with Crippen molar-refractivity contribution in [3.05, 3.63) is 48.2 Å². The van der Waals surface area contributed by atoms with Crippen LogP contribution < -0.4 is 5.73 Å². The number of para-hydroxylation sites is 2. The van der Waals surface area contributed by atoms with Gasteiger partial charge in [-0.05, 0) is 19.1 Å². The molecule has 0 radical (unpaired) electrons. The zero-order valence-electron chi connectivity index (χ0n) is 10.9. The highest BCUT2D eigenvalue weighted by Crippen LogP contribution is 2.20. The molecule has 0 unspecified atom stereocenters. The zero-order chi connectivity index (χ0) is 14.1. The summed E-state index contributed by atoms with van der Waals surface area (Å²) in [6, 6.07) is 9.80. The Kier molecular flexibility index (Phi) is 3.15. The molecule has 0 aliphatic carbocycles. The fourth-order valence-electron chi connectivity index (χ4n) is 2.17. The van der Waals surface area contributed by atoms with E-state index in [1.165, 1.54) is 0 Å². The summed E-state index contributed by atoms with van der Waals surface area (Å²) in [7, 11) is 0. The molecule has 6 heteroatoms. The van der Waals surface area contributed by atoms with Crippen molar-refractivity contribution in [2.45, 2.75) is 13.3 Å². The Morgan fingerprint density at radius 3 is 2.85 bits per heavy atom. The van der Waals surface area contributed by atoms with E-state index in [2.05, 4.69) is 15.0 Å². The molecule has 0 atom stereocenters. The molecular formula is C14H13N5S. The van der Waals surface area contributed by atoms with E-state index in [1.54, 1.807) is 6.33 Å². The number of hydrogen-bond donors (Lipinski definition) is 1. The predicted molar refractivity (Wildman–Crippen MR) is 81.9 cm³/mol. The Hall–Kier alpha value is -2.34. The maximum Gasteiger partial charge on any atom is 0.142 e. The van der Waals surface area contributed by atoms with Gasteiger partial charge in [0.1, 0.15) is 18.0 Å². The lowest BCUT2D eigenvalue weighted by molar-refractivity contribution is 0.913. The Morgan fingerprint density at radius 1 is 1.30 bits per heavy atom. The number of nitrogens with two attached hydrogens (primary N) is 1. The molecule has 0 bridgehead atoms. The normalized spacial score (nSPS) is 10.8. The molecule has 100 valence electrons. The van der Waals surface area contributed by atoms with Crippen molar-refractivity contribution in [3.8, 4) is 5.82 Å². The average Bonchev–Trinajstić information content (AvgIpc) is 2.75. The van der Waals surface area contributed by atoms with E-state index in [9.17, 15) is 0 Å². The molecule has 2 aromatic heterocycles. The van der Waals surface area contributed by atoms with Crippen LogP contribution in [-0.2, 0) is 6.42 Å². The maximum absolute atomic E-state index is 5.67. The van der Waals surface area contributed by atoms with Crippen LogP contribution in [0.5, 0.6) is 0 Å². The molecule has 2 N–H and O–H groups in total. The molecule has 5 nitrogen and oxygen atoms in total. The van der Waals surface area contributed by atoms with E-state index in [-0.39, 0.29) is 0 Å². The summed E-state index contributed by atoms with van der Waals surface area (Å²) in [6.07, 6.45) is 1.98. The third-order valence-corrected chi connectivity index (χ3v) is 3.13. The molecule has 0 amide bonds. The van der Waals surface area contributed by atoms with Gasteiger partial charge in [-0.1, -0.05) is 24.4 Å². The van der Waals surface area contributed by atoms with Crippen LogP contribution in [0.3, 0.4) is 0 Å². The molecule has 20 heavy (non-hydrogen) atoms. The summed E-state index contributed by atoms with van der Waals surface area (Å²) in [6.45, 7) is 1.93. The van der Waals surface area contributed by atoms with Crippen LogP contribution in [0.1, 0.15) is 11.5 Å². The number of thiocarbonyl (C=S) groups is 1. The van der Waals surface area contributed by atoms with Crippen molar-refractivity contribution in [3.63, 3.8) is 0 Å². The number of aryl methyl sites for hydroxylation is 1. The lowest BCUT2D eigenvalue weighted by Crippen LogP contribution is -2.15. The van der Waals surface area contributed by atoms with Crippen LogP contribution in [0.15, 0.2) is 36.7 Å². The second-order valence-electron chi connectivity index (χ2n) is 4.51. The van der Waals surface area contributed by atoms with Gasteiger partial charge in [0.2, 0.25) is 0 Å². The van der Waals surface area contributed by atoms with E-state index in [1.807, 2.05) is 41.8 Å². The van der Waals surface area contributed by atoms with Gasteiger partial charge in [-0.15, -0.1) is 0 Å². The van der Waals surface area contributed by atoms with E-state index < -0.39 is 0 Å². The van der Waals surface area contributed by atoms with Crippen LogP contribution in [-0.4, -0.2) is 24.5 Å². The average molecular weight is 283 g/mol. The van der Waals surface area contributed by atoms with Crippen LogP contribution >= 0.6 is 12.2 Å². The van der Waals surface area contributed by atoms with Crippen molar-refractivity contribution in [2.75, 3.05) is 0 Å². The minimum absolute atomic E-state index is 0.410. The Bertz CT molecular complexity index is 793. The summed E-state index contributed by atoms with van der Waals surface area (Å²) in [5.41, 5.74) is 8.45. The number of benzene rings is 1. The van der Waals surface area contributed by atoms with Crippen LogP contribution in [0.2, 0.25) is 0 Å². The van der Waals surface area contributed by atoms with Gasteiger partial charge < -0.3 is 5.73 Å². The fourth-order valence-corrected chi connectivity index (χ4v) is 2.30. The Balaban J connectivity index is 2.28. The quantitative estimate of drug-likeness (QED) is 0.744. The number of aromatic nitrogens is 4. The number of imidazole rings is 1. The molecule has 3 aromatic rings. The minimum atomic E-state index is 0.410. The first-order chi connectivity index (χ1) is 9.65. The second kappa shape index (κ2) is 4.97. The summed E-state index contributed by atoms with van der Waals surface area (Å²) in [5.74, 6) is 1.56. The highest BCUT2D eigenvalue weighted by atomic mass is 32.1. The minimum Gasteiger partial charge on any atom is -0.393 e. The zero-order valence-corrected chi connectivity index (χ0v) is 11.8. The number of hydrogen-bond acceptors (Lipinski definition) is 4. The van der Waals surface area contributed by atoms with Gasteiger partial charge >= 0.3 is 0 Å². The van der Waals surface area contributed by atoms with Gasteiger partial charge in [-0.2, -0.15) is 0 Å². The van der Waals surface area contributed by atoms with Gasteiger partial charge in [0.25, 0.3) is 0 Å². The lowest BCUT2D eigenvalue weighted by atomic mass is 10.3. The molecule has 0 aliphatic rings. The maximum atomic E-state index is 5.67. The summed E-state index contributed by atoms with van der Waals surface area (Å²) in [5, 5.41) is 0. The third-order valence-electron chi connectivity index (χ3n) is 2.98. The molecular weight excluding hydrogens is 270 g/mol. The first-order valence-corrected chi connectivity index (χ1v) is 6.59. The largest absolute Gasteiger partial charge is 0.393 e. The highest BCUT2D eigenvalue weighted by Gasteiger charge is 2.13. The standard InChI is InChI=1S/C14H13N5S/c1-9-6-13(17-8-16-9)19-11-5-3-2-4-10(11)18-14(19)7-12(15)20/h2-6,8H,7H2,1H3,(H2,15,20). The van der Waals surface area contributed by atoms with E-state index in [0.29, 0.717) is 11.4 Å². The molecule has 0 spiro atoms. The highest BCUT2D eigenvalue weighted by molar-refractivity contribution is 7.80.